The average molecular weight is 233 g/mol. The summed E-state index contributed by atoms with van der Waals surface area (Å²) in [6.07, 6.45) is 1.68. The molecule has 5 heteroatoms. The molecule has 0 fully saturated rings. The van der Waals surface area contributed by atoms with Gasteiger partial charge in [0.25, 0.3) is 10.1 Å². The van der Waals surface area contributed by atoms with Gasteiger partial charge >= 0.3 is 0 Å². The Kier molecular flexibility index (Phi) is 3.69. The molecule has 0 saturated carbocycles. The Morgan fingerprint density at radius 2 is 1.86 bits per heavy atom. The Morgan fingerprint density at radius 1 is 1.29 bits per heavy atom. The van der Waals surface area contributed by atoms with Crippen LogP contribution in [0.1, 0.15) is 11.1 Å². The molecule has 0 unspecified atom stereocenters. The van der Waals surface area contributed by atoms with Crippen LogP contribution in [0.25, 0.3) is 6.08 Å². The average Bonchev–Trinajstić information content (AvgIpc) is 2.06. The maximum Gasteiger partial charge on any atom is 0.269 e. The molecular weight excluding hydrogens is 224 g/mol. The maximum absolute atomic E-state index is 10.5. The van der Waals surface area contributed by atoms with E-state index in [0.29, 0.717) is 5.56 Å². The van der Waals surface area contributed by atoms with Crippen molar-refractivity contribution in [3.63, 3.8) is 0 Å². The lowest BCUT2D eigenvalue weighted by molar-refractivity contribution is 0.482. The summed E-state index contributed by atoms with van der Waals surface area (Å²) >= 11 is 5.37. The van der Waals surface area contributed by atoms with Gasteiger partial charge < -0.3 is 0 Å². The molecule has 76 valence electrons. The van der Waals surface area contributed by atoms with Crippen molar-refractivity contribution in [3.05, 3.63) is 40.9 Å². The normalized spacial score (nSPS) is 12.1. The molecule has 0 aromatic heterocycles. The zero-order chi connectivity index (χ0) is 10.6. The van der Waals surface area contributed by atoms with E-state index in [0.717, 1.165) is 5.56 Å². The van der Waals surface area contributed by atoms with E-state index >= 15 is 0 Å². The highest BCUT2D eigenvalue weighted by Crippen LogP contribution is 2.09. The first kappa shape index (κ1) is 11.2. The highest BCUT2D eigenvalue weighted by atomic mass is 35.5. The van der Waals surface area contributed by atoms with Crippen molar-refractivity contribution in [1.82, 2.24) is 0 Å². The molecule has 0 aliphatic rings. The second-order valence-corrected chi connectivity index (χ2v) is 4.46. The van der Waals surface area contributed by atoms with Crippen LogP contribution in [0.3, 0.4) is 0 Å². The third-order valence-electron chi connectivity index (χ3n) is 1.58. The van der Waals surface area contributed by atoms with Crippen LogP contribution in [0.5, 0.6) is 0 Å². The van der Waals surface area contributed by atoms with E-state index in [9.17, 15) is 8.42 Å². The summed E-state index contributed by atoms with van der Waals surface area (Å²) < 4.78 is 29.6. The third-order valence-corrected chi connectivity index (χ3v) is 2.41. The Morgan fingerprint density at radius 3 is 2.29 bits per heavy atom. The Balaban J connectivity index is 2.84. The monoisotopic (exact) mass is 232 g/mol. The van der Waals surface area contributed by atoms with E-state index in [2.05, 4.69) is 0 Å². The molecule has 0 heterocycles. The predicted molar refractivity (Wildman–Crippen MR) is 56.6 cm³/mol. The van der Waals surface area contributed by atoms with E-state index in [1.165, 1.54) is 5.54 Å². The highest BCUT2D eigenvalue weighted by Gasteiger charge is 2.05. The molecule has 1 N–H and O–H groups in total. The van der Waals surface area contributed by atoms with Crippen LogP contribution in [0.4, 0.5) is 0 Å². The fraction of sp³-hybridized carbons (Fsp3) is 0.111. The van der Waals surface area contributed by atoms with Crippen molar-refractivity contribution in [1.29, 1.82) is 0 Å². The van der Waals surface area contributed by atoms with E-state index < -0.39 is 10.1 Å². The molecule has 0 atom stereocenters. The summed E-state index contributed by atoms with van der Waals surface area (Å²) in [6.45, 7) is 0. The molecule has 1 aromatic carbocycles. The van der Waals surface area contributed by atoms with Crippen LogP contribution >= 0.6 is 11.6 Å². The molecule has 0 aliphatic carbocycles. The summed E-state index contributed by atoms with van der Waals surface area (Å²) in [7, 11) is -3.95. The van der Waals surface area contributed by atoms with Crippen LogP contribution in [-0.4, -0.2) is 13.0 Å². The lowest BCUT2D eigenvalue weighted by Gasteiger charge is -1.98. The standard InChI is InChI=1S/C9H9ClO3S/c10-6-5-8-1-3-9(4-2-8)7-14(11,12)13/h1-6H,7H2,(H,11,12,13)/b6-5+. The lowest BCUT2D eigenvalue weighted by Crippen LogP contribution is -2.01. The molecule has 0 amide bonds. The molecule has 0 aliphatic heterocycles. The fourth-order valence-corrected chi connectivity index (χ4v) is 1.77. The van der Waals surface area contributed by atoms with Crippen molar-refractivity contribution in [2.24, 2.45) is 0 Å². The van der Waals surface area contributed by atoms with Gasteiger partial charge in [0.15, 0.2) is 0 Å². The summed E-state index contributed by atoms with van der Waals surface area (Å²) in [5, 5.41) is 0. The first-order valence-corrected chi connectivity index (χ1v) is 5.87. The maximum atomic E-state index is 10.5. The first-order chi connectivity index (χ1) is 6.51. The van der Waals surface area contributed by atoms with Gasteiger partial charge in [-0.1, -0.05) is 35.9 Å². The van der Waals surface area contributed by atoms with Crippen molar-refractivity contribution >= 4 is 27.8 Å². The van der Waals surface area contributed by atoms with E-state index in [1.807, 2.05) is 0 Å². The molecule has 0 saturated heterocycles. The largest absolute Gasteiger partial charge is 0.285 e. The first-order valence-electron chi connectivity index (χ1n) is 3.82. The lowest BCUT2D eigenvalue weighted by atomic mass is 10.1. The number of hydrogen-bond donors (Lipinski definition) is 1. The van der Waals surface area contributed by atoms with Crippen LogP contribution in [0, 0.1) is 0 Å². The molecule has 1 rings (SSSR count). The number of halogens is 1. The summed E-state index contributed by atoms with van der Waals surface area (Å²) in [5.41, 5.74) is 2.79. The van der Waals surface area contributed by atoms with Gasteiger partial charge in [0.1, 0.15) is 5.75 Å². The van der Waals surface area contributed by atoms with E-state index in [1.54, 1.807) is 30.3 Å². The number of benzene rings is 1. The van der Waals surface area contributed by atoms with Crippen LogP contribution in [-0.2, 0) is 15.9 Å². The van der Waals surface area contributed by atoms with Gasteiger partial charge in [0, 0.05) is 5.54 Å². The van der Waals surface area contributed by atoms with Crippen LogP contribution in [0.2, 0.25) is 0 Å². The van der Waals surface area contributed by atoms with Gasteiger partial charge in [-0.25, -0.2) is 0 Å². The van der Waals surface area contributed by atoms with Gasteiger partial charge in [0.05, 0.1) is 0 Å². The van der Waals surface area contributed by atoms with Gasteiger partial charge in [-0.05, 0) is 17.2 Å². The quantitative estimate of drug-likeness (QED) is 0.814. The van der Waals surface area contributed by atoms with Gasteiger partial charge in [-0.2, -0.15) is 8.42 Å². The SMILES string of the molecule is O=S(=O)(O)Cc1ccc(/C=C/Cl)cc1. The van der Waals surface area contributed by atoms with Gasteiger partial charge in [-0.3, -0.25) is 4.55 Å². The number of rotatable bonds is 3. The second kappa shape index (κ2) is 4.59. The summed E-state index contributed by atoms with van der Waals surface area (Å²) in [5.74, 6) is -0.363. The molecule has 3 nitrogen and oxygen atoms in total. The minimum atomic E-state index is -3.95. The van der Waals surface area contributed by atoms with Crippen LogP contribution < -0.4 is 0 Å². The Bertz CT molecular complexity index is 420. The van der Waals surface area contributed by atoms with E-state index in [-0.39, 0.29) is 5.75 Å². The zero-order valence-electron chi connectivity index (χ0n) is 7.22. The van der Waals surface area contributed by atoms with E-state index in [4.69, 9.17) is 16.2 Å². The van der Waals surface area contributed by atoms with Crippen molar-refractivity contribution in [2.45, 2.75) is 5.75 Å². The summed E-state index contributed by atoms with van der Waals surface area (Å²) in [6, 6.07) is 6.69. The van der Waals surface area contributed by atoms with Gasteiger partial charge in [-0.15, -0.1) is 0 Å². The molecule has 0 bridgehead atoms. The second-order valence-electron chi connectivity index (χ2n) is 2.76. The highest BCUT2D eigenvalue weighted by molar-refractivity contribution is 7.85. The Labute approximate surface area is 87.8 Å². The minimum absolute atomic E-state index is 0.363. The third kappa shape index (κ3) is 3.91. The van der Waals surface area contributed by atoms with Crippen molar-refractivity contribution in [3.8, 4) is 0 Å². The molecule has 0 radical (unpaired) electrons. The summed E-state index contributed by atoms with van der Waals surface area (Å²) in [4.78, 5) is 0. The topological polar surface area (TPSA) is 54.4 Å². The van der Waals surface area contributed by atoms with Crippen molar-refractivity contribution in [2.75, 3.05) is 0 Å². The van der Waals surface area contributed by atoms with Crippen LogP contribution in [0.15, 0.2) is 29.8 Å². The fourth-order valence-electron chi connectivity index (χ4n) is 1.01. The number of hydrogen-bond acceptors (Lipinski definition) is 2. The van der Waals surface area contributed by atoms with Gasteiger partial charge in [0.2, 0.25) is 0 Å². The molecule has 1 aromatic rings. The molecular formula is C9H9ClO3S. The smallest absolute Gasteiger partial charge is 0.269 e. The predicted octanol–water partition coefficient (Wildman–Crippen LogP) is 2.28. The van der Waals surface area contributed by atoms with Crippen molar-refractivity contribution < 1.29 is 13.0 Å². The Hall–Kier alpha value is -0.840. The minimum Gasteiger partial charge on any atom is -0.285 e. The zero-order valence-corrected chi connectivity index (χ0v) is 8.79. The molecule has 14 heavy (non-hydrogen) atoms. The molecule has 0 spiro atoms.